The van der Waals surface area contributed by atoms with Crippen molar-refractivity contribution in [1.82, 2.24) is 9.97 Å². The minimum atomic E-state index is -0.900. The molecule has 4 aromatic rings. The highest BCUT2D eigenvalue weighted by atomic mass is 35.5. The number of thiazole rings is 1. The second-order valence-corrected chi connectivity index (χ2v) is 10.7. The van der Waals surface area contributed by atoms with E-state index in [-0.39, 0.29) is 11.3 Å². The van der Waals surface area contributed by atoms with Gasteiger partial charge in [0, 0.05) is 23.0 Å². The molecule has 7 nitrogen and oxygen atoms in total. The maximum atomic E-state index is 13.4. The predicted molar refractivity (Wildman–Crippen MR) is 145 cm³/mol. The Kier molecular flexibility index (Phi) is 6.70. The zero-order valence-electron chi connectivity index (χ0n) is 20.4. The molecule has 9 heteroatoms. The summed E-state index contributed by atoms with van der Waals surface area (Å²) in [5.41, 5.74) is 2.46. The van der Waals surface area contributed by atoms with Crippen molar-refractivity contribution < 1.29 is 19.4 Å². The Bertz CT molecular complexity index is 1490. The largest absolute Gasteiger partial charge is 0.507 e. The number of ether oxygens (including phenoxy) is 1. The first-order valence-corrected chi connectivity index (χ1v) is 12.9. The van der Waals surface area contributed by atoms with Crippen LogP contribution in [0.5, 0.6) is 5.75 Å². The van der Waals surface area contributed by atoms with Crippen molar-refractivity contribution in [3.05, 3.63) is 88.2 Å². The van der Waals surface area contributed by atoms with Crippen LogP contribution in [0.1, 0.15) is 36.6 Å². The Morgan fingerprint density at radius 3 is 2.62 bits per heavy atom. The summed E-state index contributed by atoms with van der Waals surface area (Å²) in [6.07, 6.45) is 3.18. The molecule has 37 heavy (non-hydrogen) atoms. The second kappa shape index (κ2) is 9.95. The van der Waals surface area contributed by atoms with Gasteiger partial charge in [-0.25, -0.2) is 4.98 Å². The molecule has 2 aromatic carbocycles. The van der Waals surface area contributed by atoms with E-state index in [0.717, 1.165) is 10.3 Å². The third-order valence-corrected chi connectivity index (χ3v) is 7.44. The molecule has 1 aliphatic rings. The molecule has 1 N–H and O–H groups in total. The first-order chi connectivity index (χ1) is 17.7. The van der Waals surface area contributed by atoms with E-state index in [4.69, 9.17) is 16.3 Å². The average Bonchev–Trinajstić information content (AvgIpc) is 3.40. The molecule has 1 unspecified atom stereocenters. The first-order valence-electron chi connectivity index (χ1n) is 11.8. The minimum Gasteiger partial charge on any atom is -0.507 e. The van der Waals surface area contributed by atoms with Crippen molar-refractivity contribution in [3.8, 4) is 5.75 Å². The molecule has 1 fully saturated rings. The van der Waals surface area contributed by atoms with Crippen LogP contribution in [-0.4, -0.2) is 33.4 Å². The zero-order valence-corrected chi connectivity index (χ0v) is 22.0. The molecule has 0 radical (unpaired) electrons. The number of anilines is 1. The van der Waals surface area contributed by atoms with Gasteiger partial charge in [-0.2, -0.15) is 0 Å². The highest BCUT2D eigenvalue weighted by molar-refractivity contribution is 7.22. The van der Waals surface area contributed by atoms with E-state index in [9.17, 15) is 14.7 Å². The Balaban J connectivity index is 1.62. The Morgan fingerprint density at radius 1 is 1.19 bits per heavy atom. The maximum absolute atomic E-state index is 13.4. The van der Waals surface area contributed by atoms with Gasteiger partial charge in [-0.3, -0.25) is 19.5 Å². The number of halogens is 1. The van der Waals surface area contributed by atoms with Crippen LogP contribution in [-0.2, 0) is 9.59 Å². The van der Waals surface area contributed by atoms with E-state index < -0.39 is 17.7 Å². The monoisotopic (exact) mass is 533 g/mol. The Labute approximate surface area is 223 Å². The third kappa shape index (κ3) is 4.70. The normalized spacial score (nSPS) is 17.2. The van der Waals surface area contributed by atoms with Gasteiger partial charge in [-0.1, -0.05) is 42.9 Å². The zero-order chi connectivity index (χ0) is 26.3. The fraction of sp³-hybridized carbons (Fsp3) is 0.214. The molecule has 188 valence electrons. The summed E-state index contributed by atoms with van der Waals surface area (Å²) in [7, 11) is 0. The molecular weight excluding hydrogens is 510 g/mol. The van der Waals surface area contributed by atoms with Gasteiger partial charge in [0.15, 0.2) is 5.13 Å². The number of nitrogens with zero attached hydrogens (tertiary/aromatic N) is 3. The number of rotatable bonds is 6. The lowest BCUT2D eigenvalue weighted by Crippen LogP contribution is -2.29. The number of Topliss-reactive ketones (excluding diaryl/α,β-unsaturated/α-hetero) is 1. The minimum absolute atomic E-state index is 0.0256. The second-order valence-electron chi connectivity index (χ2n) is 9.25. The number of amides is 1. The lowest BCUT2D eigenvalue weighted by atomic mass is 9.96. The van der Waals surface area contributed by atoms with Crippen molar-refractivity contribution in [1.29, 1.82) is 0 Å². The van der Waals surface area contributed by atoms with Crippen LogP contribution in [0.3, 0.4) is 0 Å². The summed E-state index contributed by atoms with van der Waals surface area (Å²) in [5, 5.41) is 12.2. The van der Waals surface area contributed by atoms with Crippen LogP contribution in [0.25, 0.3) is 16.0 Å². The number of hydrogen-bond acceptors (Lipinski definition) is 7. The maximum Gasteiger partial charge on any atom is 0.301 e. The highest BCUT2D eigenvalue weighted by Gasteiger charge is 2.48. The molecule has 3 heterocycles. The summed E-state index contributed by atoms with van der Waals surface area (Å²) in [6, 6.07) is 13.0. The van der Waals surface area contributed by atoms with Crippen molar-refractivity contribution in [2.75, 3.05) is 11.5 Å². The van der Waals surface area contributed by atoms with Gasteiger partial charge in [0.25, 0.3) is 5.78 Å². The number of aliphatic hydroxyl groups is 1. The molecule has 0 bridgehead atoms. The SMILES string of the molecule is Cc1cc2sc(N3C(=O)C(=O)/C(=C(/O)c4ccc(OCC(C)C)cc4)C3c3cccnc3)nc2cc1Cl. The lowest BCUT2D eigenvalue weighted by molar-refractivity contribution is -0.132. The molecular formula is C28H24ClN3O4S. The molecule has 1 amide bonds. The molecule has 2 aromatic heterocycles. The number of carbonyl (C=O) groups is 2. The summed E-state index contributed by atoms with van der Waals surface area (Å²) in [4.78, 5) is 36.9. The average molecular weight is 534 g/mol. The summed E-state index contributed by atoms with van der Waals surface area (Å²) in [5.74, 6) is -0.817. The van der Waals surface area contributed by atoms with E-state index in [1.807, 2.05) is 13.0 Å². The van der Waals surface area contributed by atoms with Gasteiger partial charge in [0.1, 0.15) is 11.5 Å². The highest BCUT2D eigenvalue weighted by Crippen LogP contribution is 2.44. The summed E-state index contributed by atoms with van der Waals surface area (Å²) in [6.45, 7) is 6.56. The molecule has 0 spiro atoms. The topological polar surface area (TPSA) is 92.6 Å². The number of hydrogen-bond donors (Lipinski definition) is 1. The number of fused-ring (bicyclic) bond motifs is 1. The summed E-state index contributed by atoms with van der Waals surface area (Å²) >= 11 is 7.57. The quantitative estimate of drug-likeness (QED) is 0.177. The number of aliphatic hydroxyl groups excluding tert-OH is 1. The molecule has 1 aliphatic heterocycles. The van der Waals surface area contributed by atoms with Gasteiger partial charge >= 0.3 is 5.91 Å². The van der Waals surface area contributed by atoms with Gasteiger partial charge in [-0.15, -0.1) is 0 Å². The molecule has 1 atom stereocenters. The van der Waals surface area contributed by atoms with Crippen molar-refractivity contribution in [2.45, 2.75) is 26.8 Å². The molecule has 0 saturated carbocycles. The number of pyridine rings is 1. The van der Waals surface area contributed by atoms with Crippen LogP contribution in [0.2, 0.25) is 5.02 Å². The first kappa shape index (κ1) is 24.9. The van der Waals surface area contributed by atoms with Crippen molar-refractivity contribution in [3.63, 3.8) is 0 Å². The standard InChI is InChI=1S/C28H24ClN3O4S/c1-15(2)14-36-19-8-6-17(7-9-19)25(33)23-24(18-5-4-10-30-13-18)32(27(35)26(23)34)28-31-21-12-20(29)16(3)11-22(21)37-28/h4-13,15,24,33H,14H2,1-3H3/b25-23+. The smallest absolute Gasteiger partial charge is 0.301 e. The number of aryl methyl sites for hydroxylation is 1. The van der Waals surface area contributed by atoms with Crippen molar-refractivity contribution >= 4 is 55.7 Å². The molecule has 1 saturated heterocycles. The predicted octanol–water partition coefficient (Wildman–Crippen LogP) is 6.31. The Hall–Kier alpha value is -3.75. The van der Waals surface area contributed by atoms with Gasteiger partial charge in [0.2, 0.25) is 0 Å². The number of ketones is 1. The fourth-order valence-electron chi connectivity index (χ4n) is 4.15. The van der Waals surface area contributed by atoms with E-state index in [1.165, 1.54) is 16.2 Å². The Morgan fingerprint density at radius 2 is 1.95 bits per heavy atom. The third-order valence-electron chi connectivity index (χ3n) is 6.02. The summed E-state index contributed by atoms with van der Waals surface area (Å²) < 4.78 is 6.56. The lowest BCUT2D eigenvalue weighted by Gasteiger charge is -2.22. The number of carbonyl (C=O) groups excluding carboxylic acids is 2. The van der Waals surface area contributed by atoms with Crippen LogP contribution in [0.15, 0.2) is 66.5 Å². The molecule has 5 rings (SSSR count). The van der Waals surface area contributed by atoms with E-state index in [1.54, 1.807) is 54.9 Å². The van der Waals surface area contributed by atoms with Gasteiger partial charge in [-0.05, 0) is 66.4 Å². The van der Waals surface area contributed by atoms with Crippen LogP contribution >= 0.6 is 22.9 Å². The van der Waals surface area contributed by atoms with Crippen molar-refractivity contribution in [2.24, 2.45) is 5.92 Å². The number of aromatic nitrogens is 2. The fourth-order valence-corrected chi connectivity index (χ4v) is 5.38. The van der Waals surface area contributed by atoms with E-state index in [2.05, 4.69) is 23.8 Å². The van der Waals surface area contributed by atoms with Crippen LogP contribution in [0.4, 0.5) is 5.13 Å². The van der Waals surface area contributed by atoms with Crippen LogP contribution in [0, 0.1) is 12.8 Å². The van der Waals surface area contributed by atoms with Gasteiger partial charge < -0.3 is 9.84 Å². The van der Waals surface area contributed by atoms with Gasteiger partial charge in [0.05, 0.1) is 28.4 Å². The molecule has 0 aliphatic carbocycles. The van der Waals surface area contributed by atoms with Crippen LogP contribution < -0.4 is 9.64 Å². The number of benzene rings is 2. The van der Waals surface area contributed by atoms with E-state index in [0.29, 0.717) is 45.1 Å². The van der Waals surface area contributed by atoms with E-state index >= 15 is 0 Å².